The Hall–Kier alpha value is -4.35. The summed E-state index contributed by atoms with van der Waals surface area (Å²) in [6.07, 6.45) is 0.846. The van der Waals surface area contributed by atoms with Crippen molar-refractivity contribution >= 4 is 68.9 Å². The zero-order chi connectivity index (χ0) is 34.5. The first-order valence-electron chi connectivity index (χ1n) is 15.4. The number of hydrogen-bond acceptors (Lipinski definition) is 9. The van der Waals surface area contributed by atoms with Gasteiger partial charge in [0.1, 0.15) is 23.9 Å². The second-order valence-electron chi connectivity index (χ2n) is 11.2. The van der Waals surface area contributed by atoms with Gasteiger partial charge in [-0.2, -0.15) is 0 Å². The molecule has 1 aliphatic rings. The Balaban J connectivity index is 1.31. The van der Waals surface area contributed by atoms with E-state index in [4.69, 9.17) is 32.7 Å². The zero-order valence-electron chi connectivity index (χ0n) is 26.6. The number of anilines is 1. The molecule has 1 aromatic heterocycles. The molecule has 0 bridgehead atoms. The van der Waals surface area contributed by atoms with Crippen molar-refractivity contribution in [3.63, 3.8) is 0 Å². The Morgan fingerprint density at radius 1 is 0.918 bits per heavy atom. The maximum Gasteiger partial charge on any atom is 0.301 e. The minimum atomic E-state index is -0.964. The monoisotopic (exact) mass is 731 g/mol. The van der Waals surface area contributed by atoms with E-state index in [9.17, 15) is 14.7 Å². The Labute approximate surface area is 302 Å². The van der Waals surface area contributed by atoms with Gasteiger partial charge in [0.25, 0.3) is 5.78 Å². The van der Waals surface area contributed by atoms with Gasteiger partial charge >= 0.3 is 5.91 Å². The maximum absolute atomic E-state index is 13.7. The number of ketones is 1. The van der Waals surface area contributed by atoms with Gasteiger partial charge in [0.15, 0.2) is 4.34 Å². The quantitative estimate of drug-likeness (QED) is 0.0445. The third kappa shape index (κ3) is 7.78. The lowest BCUT2D eigenvalue weighted by atomic mass is 9.95. The number of thioether (sulfide) groups is 1. The highest BCUT2D eigenvalue weighted by molar-refractivity contribution is 8.00. The number of benzene rings is 4. The fraction of sp³-hybridized carbons (Fsp3) is 0.189. The third-order valence-corrected chi connectivity index (χ3v) is 10.6. The molecule has 0 saturated carbocycles. The minimum absolute atomic E-state index is 0.0573. The second kappa shape index (κ2) is 15.5. The Morgan fingerprint density at radius 2 is 1.63 bits per heavy atom. The molecule has 1 unspecified atom stereocenters. The van der Waals surface area contributed by atoms with Gasteiger partial charge in [0, 0.05) is 21.4 Å². The summed E-state index contributed by atoms with van der Waals surface area (Å²) in [6.45, 7) is 4.98. The number of aryl methyl sites for hydroxylation is 1. The lowest BCUT2D eigenvalue weighted by molar-refractivity contribution is -0.132. The summed E-state index contributed by atoms with van der Waals surface area (Å²) in [5.74, 6) is -0.205. The number of aromatic nitrogens is 2. The molecule has 1 saturated heterocycles. The van der Waals surface area contributed by atoms with Gasteiger partial charge < -0.3 is 14.6 Å². The molecule has 4 aromatic carbocycles. The standard InChI is InChI=1S/C37H31Cl2N3O5S2/c1-3-18-46-28-14-9-23(10-15-28)32-31(33(43)24-11-16-29(17-12-24)47-20-25-7-5-4-6-22(25)2)34(44)35(45)42(32)36-40-41-37(49-36)48-21-26-8-13-27(38)19-30(26)39/h4-17,19,32,43H,3,18,20-21H2,1-2H3/b33-31+. The summed E-state index contributed by atoms with van der Waals surface area (Å²) in [5, 5.41) is 21.5. The van der Waals surface area contributed by atoms with Crippen LogP contribution in [0.5, 0.6) is 11.5 Å². The van der Waals surface area contributed by atoms with Crippen LogP contribution in [-0.4, -0.2) is 33.6 Å². The molecule has 12 heteroatoms. The average Bonchev–Trinajstić information content (AvgIpc) is 3.68. The van der Waals surface area contributed by atoms with Crippen LogP contribution in [-0.2, 0) is 21.9 Å². The predicted octanol–water partition coefficient (Wildman–Crippen LogP) is 9.44. The number of halogens is 2. The van der Waals surface area contributed by atoms with Crippen LogP contribution < -0.4 is 14.4 Å². The molecule has 1 atom stereocenters. The van der Waals surface area contributed by atoms with E-state index in [1.807, 2.05) is 44.2 Å². The summed E-state index contributed by atoms with van der Waals surface area (Å²) in [4.78, 5) is 28.7. The molecule has 1 N–H and O–H groups in total. The number of Topliss-reactive ketones (excluding diaryl/α,β-unsaturated/α-hetero) is 1. The molecule has 8 nitrogen and oxygen atoms in total. The number of hydrogen-bond donors (Lipinski definition) is 1. The van der Waals surface area contributed by atoms with Crippen LogP contribution in [0, 0.1) is 6.92 Å². The Morgan fingerprint density at radius 3 is 2.35 bits per heavy atom. The molecule has 1 aliphatic heterocycles. The van der Waals surface area contributed by atoms with Crippen molar-refractivity contribution in [3.8, 4) is 11.5 Å². The largest absolute Gasteiger partial charge is 0.507 e. The topological polar surface area (TPSA) is 102 Å². The van der Waals surface area contributed by atoms with E-state index >= 15 is 0 Å². The van der Waals surface area contributed by atoms with Crippen LogP contribution in [0.4, 0.5) is 5.13 Å². The number of nitrogens with zero attached hydrogens (tertiary/aromatic N) is 3. The summed E-state index contributed by atoms with van der Waals surface area (Å²) in [6, 6.07) is 26.2. The first kappa shape index (κ1) is 34.5. The average molecular weight is 733 g/mol. The summed E-state index contributed by atoms with van der Waals surface area (Å²) < 4.78 is 12.3. The fourth-order valence-corrected chi connectivity index (χ4v) is 7.67. The number of ether oxygens (including phenoxy) is 2. The van der Waals surface area contributed by atoms with Crippen molar-refractivity contribution in [3.05, 3.63) is 134 Å². The minimum Gasteiger partial charge on any atom is -0.507 e. The second-order valence-corrected chi connectivity index (χ2v) is 14.2. The number of amides is 1. The molecule has 2 heterocycles. The van der Waals surface area contributed by atoms with E-state index in [0.717, 1.165) is 23.1 Å². The van der Waals surface area contributed by atoms with Crippen LogP contribution >= 0.6 is 46.3 Å². The zero-order valence-corrected chi connectivity index (χ0v) is 29.7. The van der Waals surface area contributed by atoms with Gasteiger partial charge in [-0.3, -0.25) is 14.5 Å². The van der Waals surface area contributed by atoms with E-state index in [0.29, 0.717) is 56.0 Å². The lowest BCUT2D eigenvalue weighted by Gasteiger charge is -2.22. The van der Waals surface area contributed by atoms with Crippen molar-refractivity contribution in [1.82, 2.24) is 10.2 Å². The number of carbonyl (C=O) groups is 2. The van der Waals surface area contributed by atoms with E-state index < -0.39 is 17.7 Å². The number of rotatable bonds is 12. The maximum atomic E-state index is 13.7. The smallest absolute Gasteiger partial charge is 0.301 e. The summed E-state index contributed by atoms with van der Waals surface area (Å²) >= 11 is 15.0. The fourth-order valence-electron chi connectivity index (χ4n) is 5.25. The highest BCUT2D eigenvalue weighted by Crippen LogP contribution is 2.44. The van der Waals surface area contributed by atoms with Crippen molar-refractivity contribution in [1.29, 1.82) is 0 Å². The molecular formula is C37H31Cl2N3O5S2. The summed E-state index contributed by atoms with van der Waals surface area (Å²) in [7, 11) is 0. The van der Waals surface area contributed by atoms with Crippen LogP contribution in [0.15, 0.2) is 101 Å². The molecular weight excluding hydrogens is 701 g/mol. The van der Waals surface area contributed by atoms with Crippen molar-refractivity contribution in [2.45, 2.75) is 43.0 Å². The third-order valence-electron chi connectivity index (χ3n) is 7.86. The van der Waals surface area contributed by atoms with Crippen LogP contribution in [0.3, 0.4) is 0 Å². The predicted molar refractivity (Wildman–Crippen MR) is 195 cm³/mol. The first-order valence-corrected chi connectivity index (χ1v) is 18.0. The van der Waals surface area contributed by atoms with Gasteiger partial charge in [0.2, 0.25) is 5.13 Å². The van der Waals surface area contributed by atoms with E-state index in [2.05, 4.69) is 10.2 Å². The Kier molecular flexibility index (Phi) is 10.9. The number of carbonyl (C=O) groups excluding carboxylic acids is 2. The first-order chi connectivity index (χ1) is 23.7. The van der Waals surface area contributed by atoms with Crippen LogP contribution in [0.25, 0.3) is 5.76 Å². The molecule has 0 aliphatic carbocycles. The molecule has 0 radical (unpaired) electrons. The molecule has 5 aromatic rings. The SMILES string of the molecule is CCCOc1ccc(C2/C(=C(\O)c3ccc(OCc4ccccc4C)cc3)C(=O)C(=O)N2c2nnc(SCc3ccc(Cl)cc3Cl)s2)cc1. The van der Waals surface area contributed by atoms with E-state index in [1.165, 1.54) is 28.0 Å². The molecule has 0 spiro atoms. The Bertz CT molecular complexity index is 2020. The van der Waals surface area contributed by atoms with Crippen molar-refractivity contribution in [2.75, 3.05) is 11.5 Å². The van der Waals surface area contributed by atoms with Gasteiger partial charge in [-0.05, 0) is 84.1 Å². The number of aliphatic hydroxyl groups excluding tert-OH is 1. The molecule has 1 amide bonds. The molecule has 1 fully saturated rings. The van der Waals surface area contributed by atoms with E-state index in [1.54, 1.807) is 60.7 Å². The van der Waals surface area contributed by atoms with Crippen LogP contribution in [0.1, 0.15) is 47.2 Å². The lowest BCUT2D eigenvalue weighted by Crippen LogP contribution is -2.29. The van der Waals surface area contributed by atoms with E-state index in [-0.39, 0.29) is 16.5 Å². The van der Waals surface area contributed by atoms with Crippen LogP contribution in [0.2, 0.25) is 10.0 Å². The van der Waals surface area contributed by atoms with Gasteiger partial charge in [-0.25, -0.2) is 0 Å². The molecule has 6 rings (SSSR count). The molecule has 250 valence electrons. The summed E-state index contributed by atoms with van der Waals surface area (Å²) in [5.41, 5.74) is 3.96. The highest BCUT2D eigenvalue weighted by Gasteiger charge is 2.48. The van der Waals surface area contributed by atoms with Crippen molar-refractivity contribution < 1.29 is 24.2 Å². The van der Waals surface area contributed by atoms with Gasteiger partial charge in [-0.1, -0.05) is 95.7 Å². The highest BCUT2D eigenvalue weighted by atomic mass is 35.5. The van der Waals surface area contributed by atoms with Gasteiger partial charge in [-0.15, -0.1) is 10.2 Å². The van der Waals surface area contributed by atoms with Crippen molar-refractivity contribution in [2.24, 2.45) is 0 Å². The normalized spacial score (nSPS) is 15.5. The number of aliphatic hydroxyl groups is 1. The van der Waals surface area contributed by atoms with Gasteiger partial charge in [0.05, 0.1) is 18.2 Å². The molecule has 49 heavy (non-hydrogen) atoms.